The first-order valence-electron chi connectivity index (χ1n) is 13.7. The van der Waals surface area contributed by atoms with Crippen molar-refractivity contribution >= 4 is 56.6 Å². The highest BCUT2D eigenvalue weighted by Gasteiger charge is 2.38. The number of benzene rings is 1. The number of hydrogen-bond donors (Lipinski definition) is 1. The van der Waals surface area contributed by atoms with Crippen LogP contribution >= 0.6 is 11.3 Å². The lowest BCUT2D eigenvalue weighted by atomic mass is 10.1. The van der Waals surface area contributed by atoms with Crippen molar-refractivity contribution in [1.29, 1.82) is 0 Å². The van der Waals surface area contributed by atoms with Crippen molar-refractivity contribution < 1.29 is 27.2 Å². The van der Waals surface area contributed by atoms with E-state index in [9.17, 15) is 13.2 Å². The molecule has 3 heterocycles. The van der Waals surface area contributed by atoms with Gasteiger partial charge in [-0.3, -0.25) is 10.1 Å². The molecule has 1 aromatic carbocycles. The second kappa shape index (κ2) is 11.5. The van der Waals surface area contributed by atoms with Gasteiger partial charge in [0.25, 0.3) is 5.91 Å². The maximum absolute atomic E-state index is 13.4. The van der Waals surface area contributed by atoms with Crippen LogP contribution in [0.5, 0.6) is 0 Å². The van der Waals surface area contributed by atoms with Crippen LogP contribution in [-0.4, -0.2) is 62.9 Å². The van der Waals surface area contributed by atoms with E-state index in [2.05, 4.69) is 49.3 Å². The number of nitrogens with zero attached hydrogens (tertiary/aromatic N) is 3. The number of anilines is 1. The molecule has 13 heteroatoms. The second-order valence-electron chi connectivity index (χ2n) is 11.9. The Morgan fingerprint density at radius 3 is 2.49 bits per heavy atom. The molecule has 2 aliphatic rings. The molecular formula is C28H36N4O6S2Si. The number of oxime groups is 1. The predicted molar refractivity (Wildman–Crippen MR) is 162 cm³/mol. The molecule has 1 saturated heterocycles. The summed E-state index contributed by atoms with van der Waals surface area (Å²) in [5.41, 5.74) is 1.91. The van der Waals surface area contributed by atoms with Crippen molar-refractivity contribution in [3.8, 4) is 0 Å². The van der Waals surface area contributed by atoms with E-state index >= 15 is 0 Å². The largest absolute Gasteiger partial charge is 0.411 e. The molecule has 0 bridgehead atoms. The summed E-state index contributed by atoms with van der Waals surface area (Å²) in [6, 6.07) is 9.95. The van der Waals surface area contributed by atoms with E-state index in [0.29, 0.717) is 60.1 Å². The standard InChI is InChI=1S/C28H36N4O6S2Si/c1-28(2,3)41(4,5)37-16-19-8-13-23-26(29-19)39-27(30-23)31-25(33)24(32-38-20-14-15-36-17-20)18-6-9-21(10-7-18)40(34,35)22-11-12-22/h6-10,13,20,22H,11-12,14-17H2,1-5H3,(H,30,31,33)/t20-/m1/s1. The minimum Gasteiger partial charge on any atom is -0.411 e. The zero-order chi connectivity index (χ0) is 29.4. The Hall–Kier alpha value is -2.71. The maximum Gasteiger partial charge on any atom is 0.280 e. The molecule has 0 unspecified atom stereocenters. The van der Waals surface area contributed by atoms with Crippen LogP contribution in [-0.2, 0) is 35.2 Å². The summed E-state index contributed by atoms with van der Waals surface area (Å²) in [7, 11) is -5.28. The Morgan fingerprint density at radius 2 is 1.85 bits per heavy atom. The monoisotopic (exact) mass is 616 g/mol. The molecule has 2 fully saturated rings. The van der Waals surface area contributed by atoms with Gasteiger partial charge in [0.1, 0.15) is 10.3 Å². The van der Waals surface area contributed by atoms with Gasteiger partial charge in [-0.05, 0) is 55.2 Å². The van der Waals surface area contributed by atoms with Crippen LogP contribution in [0.2, 0.25) is 18.1 Å². The number of carbonyl (C=O) groups is 1. The highest BCUT2D eigenvalue weighted by Crippen LogP contribution is 2.37. The van der Waals surface area contributed by atoms with Gasteiger partial charge >= 0.3 is 0 Å². The predicted octanol–water partition coefficient (Wildman–Crippen LogP) is 5.30. The first-order valence-corrected chi connectivity index (χ1v) is 19.0. The zero-order valence-corrected chi connectivity index (χ0v) is 26.6. The summed E-state index contributed by atoms with van der Waals surface area (Å²) in [4.78, 5) is 29.2. The number of carbonyl (C=O) groups excluding carboxylic acids is 1. The quantitative estimate of drug-likeness (QED) is 0.185. The Kier molecular flexibility index (Phi) is 8.36. The second-order valence-corrected chi connectivity index (χ2v) is 20.0. The van der Waals surface area contributed by atoms with E-state index in [4.69, 9.17) is 19.0 Å². The van der Waals surface area contributed by atoms with Crippen LogP contribution in [0.3, 0.4) is 0 Å². The molecule has 0 radical (unpaired) electrons. The van der Waals surface area contributed by atoms with Crippen LogP contribution in [0, 0.1) is 0 Å². The molecule has 3 aromatic rings. The van der Waals surface area contributed by atoms with Gasteiger partial charge < -0.3 is 14.0 Å². The van der Waals surface area contributed by atoms with Crippen molar-refractivity contribution in [1.82, 2.24) is 9.97 Å². The number of thiazole rings is 1. The van der Waals surface area contributed by atoms with E-state index in [1.54, 1.807) is 12.1 Å². The van der Waals surface area contributed by atoms with Crippen LogP contribution in [0.15, 0.2) is 46.4 Å². The molecule has 1 N–H and O–H groups in total. The highest BCUT2D eigenvalue weighted by molar-refractivity contribution is 7.92. The maximum atomic E-state index is 13.4. The van der Waals surface area contributed by atoms with E-state index in [0.717, 1.165) is 5.69 Å². The molecule has 5 rings (SSSR count). The molecule has 10 nitrogen and oxygen atoms in total. The first-order chi connectivity index (χ1) is 19.3. The number of hydrogen-bond acceptors (Lipinski definition) is 10. The SMILES string of the molecule is CC(C)(C)[Si](C)(C)OCc1ccc2nc(NC(=O)C(=NO[C@@H]3CCOC3)c3ccc(S(=O)(=O)C4CC4)cc3)sc2n1. The topological polar surface area (TPSA) is 129 Å². The minimum atomic E-state index is -3.35. The van der Waals surface area contributed by atoms with Gasteiger partial charge in [-0.2, -0.15) is 0 Å². The molecule has 41 heavy (non-hydrogen) atoms. The zero-order valence-electron chi connectivity index (χ0n) is 24.0. The number of amides is 1. The van der Waals surface area contributed by atoms with E-state index in [1.807, 2.05) is 12.1 Å². The number of pyridine rings is 1. The van der Waals surface area contributed by atoms with E-state index in [-0.39, 0.29) is 27.0 Å². The highest BCUT2D eigenvalue weighted by atomic mass is 32.2. The van der Waals surface area contributed by atoms with Crippen LogP contribution in [0.4, 0.5) is 5.13 Å². The van der Waals surface area contributed by atoms with Gasteiger partial charge in [0, 0.05) is 12.0 Å². The average Bonchev–Trinajstić information content (AvgIpc) is 3.52. The van der Waals surface area contributed by atoms with Gasteiger partial charge in [-0.25, -0.2) is 18.4 Å². The fourth-order valence-electron chi connectivity index (χ4n) is 3.94. The number of rotatable bonds is 10. The molecule has 1 aliphatic carbocycles. The van der Waals surface area contributed by atoms with Crippen molar-refractivity contribution in [2.45, 2.75) is 81.0 Å². The number of aromatic nitrogens is 2. The smallest absolute Gasteiger partial charge is 0.280 e. The third-order valence-corrected chi connectivity index (χ3v) is 15.4. The normalized spacial score (nSPS) is 18.6. The number of fused-ring (bicyclic) bond motifs is 1. The Labute approximate surface area is 245 Å². The summed E-state index contributed by atoms with van der Waals surface area (Å²) in [6.45, 7) is 12.4. The summed E-state index contributed by atoms with van der Waals surface area (Å²) in [6.07, 6.45) is 1.77. The molecular weight excluding hydrogens is 581 g/mol. The molecule has 1 saturated carbocycles. The summed E-state index contributed by atoms with van der Waals surface area (Å²) < 4.78 is 36.9. The van der Waals surface area contributed by atoms with Crippen LogP contribution in [0.1, 0.15) is 51.3 Å². The minimum absolute atomic E-state index is 0.0166. The lowest BCUT2D eigenvalue weighted by molar-refractivity contribution is -0.110. The van der Waals surface area contributed by atoms with Gasteiger partial charge in [0.05, 0.1) is 35.7 Å². The van der Waals surface area contributed by atoms with Gasteiger partial charge in [-0.15, -0.1) is 0 Å². The Morgan fingerprint density at radius 1 is 1.12 bits per heavy atom. The fourth-order valence-corrected chi connectivity index (χ4v) is 7.39. The lowest BCUT2D eigenvalue weighted by Gasteiger charge is -2.36. The van der Waals surface area contributed by atoms with Crippen LogP contribution < -0.4 is 5.32 Å². The van der Waals surface area contributed by atoms with Crippen molar-refractivity contribution in [2.24, 2.45) is 5.16 Å². The van der Waals surface area contributed by atoms with Gasteiger partial charge in [0.2, 0.25) is 0 Å². The molecule has 1 atom stereocenters. The fraction of sp³-hybridized carbons (Fsp3) is 0.500. The first kappa shape index (κ1) is 29.8. The molecule has 2 aromatic heterocycles. The van der Waals surface area contributed by atoms with Crippen molar-refractivity contribution in [3.63, 3.8) is 0 Å². The lowest BCUT2D eigenvalue weighted by Crippen LogP contribution is -2.40. The summed E-state index contributed by atoms with van der Waals surface area (Å²) in [5, 5.41) is 7.13. The molecule has 0 spiro atoms. The van der Waals surface area contributed by atoms with E-state index < -0.39 is 24.1 Å². The third-order valence-electron chi connectivity index (χ3n) is 7.74. The van der Waals surface area contributed by atoms with Crippen molar-refractivity contribution in [3.05, 3.63) is 47.7 Å². The molecule has 1 aliphatic heterocycles. The number of nitrogens with one attached hydrogen (secondary N) is 1. The number of sulfone groups is 1. The molecule has 1 amide bonds. The third kappa shape index (κ3) is 6.86. The van der Waals surface area contributed by atoms with Crippen molar-refractivity contribution in [2.75, 3.05) is 18.5 Å². The van der Waals surface area contributed by atoms with Gasteiger partial charge in [-0.1, -0.05) is 49.4 Å². The summed E-state index contributed by atoms with van der Waals surface area (Å²) in [5.74, 6) is -0.526. The average molecular weight is 617 g/mol. The summed E-state index contributed by atoms with van der Waals surface area (Å²) >= 11 is 1.26. The number of ether oxygens (including phenoxy) is 1. The van der Waals surface area contributed by atoms with E-state index in [1.165, 1.54) is 23.5 Å². The Bertz CT molecular complexity index is 1550. The molecule has 220 valence electrons. The van der Waals surface area contributed by atoms with Crippen LogP contribution in [0.25, 0.3) is 10.3 Å². The van der Waals surface area contributed by atoms with Gasteiger partial charge in [0.15, 0.2) is 35.1 Å². The Balaban J connectivity index is 1.34.